The highest BCUT2D eigenvalue weighted by molar-refractivity contribution is 7.90. The zero-order valence-electron chi connectivity index (χ0n) is 20.3. The molecule has 1 aromatic heterocycles. The second kappa shape index (κ2) is 9.63. The average Bonchev–Trinajstić information content (AvgIpc) is 3.38. The van der Waals surface area contributed by atoms with Crippen LogP contribution in [0.25, 0.3) is 0 Å². The molecule has 11 heteroatoms. The Kier molecular flexibility index (Phi) is 6.97. The van der Waals surface area contributed by atoms with Crippen LogP contribution in [-0.4, -0.2) is 91.2 Å². The number of hydrogen-bond acceptors (Lipinski definition) is 8. The molecule has 0 saturated carbocycles. The highest BCUT2D eigenvalue weighted by atomic mass is 32.2. The molecule has 0 aliphatic carbocycles. The van der Waals surface area contributed by atoms with Crippen molar-refractivity contribution in [3.05, 3.63) is 35.7 Å². The van der Waals surface area contributed by atoms with Crippen molar-refractivity contribution in [2.45, 2.75) is 50.2 Å². The Bertz CT molecular complexity index is 1120. The molecule has 10 nitrogen and oxygen atoms in total. The van der Waals surface area contributed by atoms with Gasteiger partial charge in [0.2, 0.25) is 11.8 Å². The molecule has 1 atom stereocenters. The Labute approximate surface area is 201 Å². The Morgan fingerprint density at radius 3 is 2.44 bits per heavy atom. The van der Waals surface area contributed by atoms with Crippen LogP contribution in [0.15, 0.2) is 29.2 Å². The first-order chi connectivity index (χ1) is 16.1. The Morgan fingerprint density at radius 2 is 1.82 bits per heavy atom. The van der Waals surface area contributed by atoms with Gasteiger partial charge in [-0.3, -0.25) is 14.3 Å². The van der Waals surface area contributed by atoms with Crippen LogP contribution in [0.5, 0.6) is 0 Å². The smallest absolute Gasteiger partial charge is 0.289 e. The number of ether oxygens (including phenoxy) is 1. The van der Waals surface area contributed by atoms with E-state index in [-0.39, 0.29) is 28.2 Å². The van der Waals surface area contributed by atoms with Crippen molar-refractivity contribution < 1.29 is 17.9 Å². The summed E-state index contributed by atoms with van der Waals surface area (Å²) in [6.07, 6.45) is 2.17. The fourth-order valence-electron chi connectivity index (χ4n) is 4.67. The van der Waals surface area contributed by atoms with Gasteiger partial charge in [-0.1, -0.05) is 12.1 Å². The van der Waals surface area contributed by atoms with Crippen molar-refractivity contribution in [1.82, 2.24) is 25.0 Å². The largest absolute Gasteiger partial charge is 0.379 e. The number of carbonyl (C=O) groups is 1. The molecular weight excluding hydrogens is 456 g/mol. The number of benzene rings is 1. The number of rotatable bonds is 7. The number of nitrogens with one attached hydrogen (secondary N) is 1. The summed E-state index contributed by atoms with van der Waals surface area (Å²) in [5.41, 5.74) is 0.861. The molecule has 2 aliphatic rings. The zero-order chi connectivity index (χ0) is 24.5. The summed E-state index contributed by atoms with van der Waals surface area (Å²) in [4.78, 5) is 17.8. The first-order valence-corrected chi connectivity index (χ1v) is 13.6. The van der Waals surface area contributed by atoms with E-state index < -0.39 is 9.84 Å². The fraction of sp³-hybridized carbons (Fsp3) is 0.609. The lowest BCUT2D eigenvalue weighted by Crippen LogP contribution is -2.53. The SMILES string of the molecule is CC(C)NC(=O)c1nnc(N2CCC(C)(N3CCOCC3)C2)n1Cc1ccc(S(C)(=O)=O)cc1. The third-order valence-electron chi connectivity index (χ3n) is 6.56. The van der Waals surface area contributed by atoms with Crippen LogP contribution in [0, 0.1) is 0 Å². The van der Waals surface area contributed by atoms with Gasteiger partial charge in [0.15, 0.2) is 9.84 Å². The lowest BCUT2D eigenvalue weighted by Gasteiger charge is -2.40. The third-order valence-corrected chi connectivity index (χ3v) is 7.68. The molecule has 0 spiro atoms. The second-order valence-corrected chi connectivity index (χ2v) is 11.7. The number of aromatic nitrogens is 3. The van der Waals surface area contributed by atoms with Gasteiger partial charge in [-0.15, -0.1) is 10.2 Å². The van der Waals surface area contributed by atoms with Gasteiger partial charge in [0, 0.05) is 44.0 Å². The quantitative estimate of drug-likeness (QED) is 0.616. The normalized spacial score (nSPS) is 21.9. The predicted octanol–water partition coefficient (Wildman–Crippen LogP) is 1.17. The van der Waals surface area contributed by atoms with Crippen LogP contribution >= 0.6 is 0 Å². The van der Waals surface area contributed by atoms with Crippen LogP contribution in [-0.2, 0) is 21.1 Å². The lowest BCUT2D eigenvalue weighted by molar-refractivity contribution is -0.00890. The van der Waals surface area contributed by atoms with Crippen molar-refractivity contribution >= 4 is 21.7 Å². The molecule has 4 rings (SSSR count). The fourth-order valence-corrected chi connectivity index (χ4v) is 5.30. The zero-order valence-corrected chi connectivity index (χ0v) is 21.1. The average molecular weight is 491 g/mol. The number of nitrogens with zero attached hydrogens (tertiary/aromatic N) is 5. The summed E-state index contributed by atoms with van der Waals surface area (Å²) in [5.74, 6) is 0.616. The molecule has 3 heterocycles. The number of amides is 1. The van der Waals surface area contributed by atoms with E-state index in [1.54, 1.807) is 24.3 Å². The van der Waals surface area contributed by atoms with E-state index in [1.807, 2.05) is 18.4 Å². The monoisotopic (exact) mass is 490 g/mol. The molecule has 2 aromatic rings. The van der Waals surface area contributed by atoms with Crippen molar-refractivity contribution in [2.24, 2.45) is 0 Å². The molecule has 2 saturated heterocycles. The molecule has 0 bridgehead atoms. The van der Waals surface area contributed by atoms with E-state index in [4.69, 9.17) is 4.74 Å². The standard InChI is InChI=1S/C23H34N6O4S/c1-17(2)24-21(30)20-25-26-22(27-10-9-23(3,16-27)28-11-13-33-14-12-28)29(20)15-18-5-7-19(8-6-18)34(4,31)32/h5-8,17H,9-16H2,1-4H3,(H,24,30). The van der Waals surface area contributed by atoms with E-state index in [0.717, 1.165) is 51.4 Å². The van der Waals surface area contributed by atoms with E-state index in [0.29, 0.717) is 12.5 Å². The van der Waals surface area contributed by atoms with Crippen molar-refractivity contribution in [2.75, 3.05) is 50.5 Å². The van der Waals surface area contributed by atoms with E-state index in [9.17, 15) is 13.2 Å². The molecule has 186 valence electrons. The van der Waals surface area contributed by atoms with Gasteiger partial charge in [-0.2, -0.15) is 0 Å². The van der Waals surface area contributed by atoms with Gasteiger partial charge >= 0.3 is 0 Å². The summed E-state index contributed by atoms with van der Waals surface area (Å²) >= 11 is 0. The molecule has 2 fully saturated rings. The van der Waals surface area contributed by atoms with Crippen LogP contribution in [0.2, 0.25) is 0 Å². The maximum absolute atomic E-state index is 12.9. The maximum Gasteiger partial charge on any atom is 0.289 e. The number of anilines is 1. The Morgan fingerprint density at radius 1 is 1.15 bits per heavy atom. The molecule has 1 unspecified atom stereocenters. The highest BCUT2D eigenvalue weighted by Gasteiger charge is 2.41. The summed E-state index contributed by atoms with van der Waals surface area (Å²) in [5, 5.41) is 11.6. The van der Waals surface area contributed by atoms with Crippen molar-refractivity contribution in [3.8, 4) is 0 Å². The first kappa shape index (κ1) is 24.6. The second-order valence-electron chi connectivity index (χ2n) is 9.72. The van der Waals surface area contributed by atoms with Crippen LogP contribution < -0.4 is 10.2 Å². The Balaban J connectivity index is 1.62. The van der Waals surface area contributed by atoms with Gasteiger partial charge in [-0.05, 0) is 44.9 Å². The molecule has 1 aromatic carbocycles. The summed E-state index contributed by atoms with van der Waals surface area (Å²) in [6.45, 7) is 11.3. The van der Waals surface area contributed by atoms with Gasteiger partial charge in [0.05, 0.1) is 24.7 Å². The maximum atomic E-state index is 12.9. The molecule has 1 N–H and O–H groups in total. The predicted molar refractivity (Wildman–Crippen MR) is 129 cm³/mol. The number of carbonyl (C=O) groups excluding carboxylic acids is 1. The first-order valence-electron chi connectivity index (χ1n) is 11.7. The topological polar surface area (TPSA) is 110 Å². The lowest BCUT2D eigenvalue weighted by atomic mass is 9.98. The highest BCUT2D eigenvalue weighted by Crippen LogP contribution is 2.31. The summed E-state index contributed by atoms with van der Waals surface area (Å²) in [7, 11) is -3.28. The number of sulfone groups is 1. The van der Waals surface area contributed by atoms with Crippen molar-refractivity contribution in [3.63, 3.8) is 0 Å². The molecule has 34 heavy (non-hydrogen) atoms. The molecule has 1 amide bonds. The summed E-state index contributed by atoms with van der Waals surface area (Å²) in [6, 6.07) is 6.69. The van der Waals surface area contributed by atoms with Crippen LogP contribution in [0.3, 0.4) is 0 Å². The molecular formula is C23H34N6O4S. The van der Waals surface area contributed by atoms with Crippen LogP contribution in [0.4, 0.5) is 5.95 Å². The van der Waals surface area contributed by atoms with Gasteiger partial charge in [-0.25, -0.2) is 8.42 Å². The van der Waals surface area contributed by atoms with Crippen molar-refractivity contribution in [1.29, 1.82) is 0 Å². The Hall–Kier alpha value is -2.50. The minimum Gasteiger partial charge on any atom is -0.379 e. The van der Waals surface area contributed by atoms with Gasteiger partial charge in [0.25, 0.3) is 5.91 Å². The minimum atomic E-state index is -3.28. The third kappa shape index (κ3) is 5.26. The summed E-state index contributed by atoms with van der Waals surface area (Å²) < 4.78 is 31.0. The van der Waals surface area contributed by atoms with E-state index in [1.165, 1.54) is 6.26 Å². The molecule has 0 radical (unpaired) electrons. The van der Waals surface area contributed by atoms with Gasteiger partial charge in [0.1, 0.15) is 0 Å². The van der Waals surface area contributed by atoms with Gasteiger partial charge < -0.3 is 15.0 Å². The van der Waals surface area contributed by atoms with E-state index >= 15 is 0 Å². The minimum absolute atomic E-state index is 0.00194. The number of morpholine rings is 1. The number of hydrogen-bond donors (Lipinski definition) is 1. The molecule has 2 aliphatic heterocycles. The van der Waals surface area contributed by atoms with Crippen LogP contribution in [0.1, 0.15) is 43.4 Å². The van der Waals surface area contributed by atoms with E-state index in [2.05, 4.69) is 32.2 Å².